The van der Waals surface area contributed by atoms with Crippen LogP contribution in [0.3, 0.4) is 0 Å². The fraction of sp³-hybridized carbons (Fsp3) is 0.467. The molecule has 2 bridgehead atoms. The number of piperidine rings is 1. The van der Waals surface area contributed by atoms with Crippen molar-refractivity contribution in [3.63, 3.8) is 0 Å². The number of nitrogens with zero attached hydrogens (tertiary/aromatic N) is 2. The predicted octanol–water partition coefficient (Wildman–Crippen LogP) is 7.29. The molecule has 3 aromatic rings. The minimum absolute atomic E-state index is 0.0127. The molecule has 3 fully saturated rings. The molecule has 3 aliphatic rings. The van der Waals surface area contributed by atoms with Gasteiger partial charge >= 0.3 is 5.97 Å². The number of aromatic nitrogens is 1. The highest BCUT2D eigenvalue weighted by atomic mass is 35.5. The third kappa shape index (κ3) is 5.16. The molecule has 0 radical (unpaired) electrons. The van der Waals surface area contributed by atoms with Gasteiger partial charge in [0.1, 0.15) is 28.7 Å². The average Bonchev–Trinajstić information content (AvgIpc) is 3.32. The molecule has 1 aliphatic heterocycles. The van der Waals surface area contributed by atoms with Crippen LogP contribution in [0.1, 0.15) is 74.1 Å². The topological polar surface area (TPSA) is 64.8 Å². The Labute approximate surface area is 231 Å². The van der Waals surface area contributed by atoms with Gasteiger partial charge in [-0.1, -0.05) is 22.8 Å². The summed E-state index contributed by atoms with van der Waals surface area (Å²) in [4.78, 5) is 14.4. The molecule has 9 heteroatoms. The van der Waals surface area contributed by atoms with E-state index in [0.717, 1.165) is 37.0 Å². The molecule has 1 saturated heterocycles. The Kier molecular flexibility index (Phi) is 6.66. The monoisotopic (exact) mass is 556 g/mol. The van der Waals surface area contributed by atoms with Crippen LogP contribution in [0.5, 0.6) is 0 Å². The van der Waals surface area contributed by atoms with Crippen LogP contribution in [0, 0.1) is 17.6 Å². The number of ether oxygens (including phenoxy) is 2. The van der Waals surface area contributed by atoms with Crippen molar-refractivity contribution in [2.24, 2.45) is 5.92 Å². The lowest BCUT2D eigenvalue weighted by Gasteiger charge is -2.33. The maximum Gasteiger partial charge on any atom is 0.338 e. The summed E-state index contributed by atoms with van der Waals surface area (Å²) < 4.78 is 47.3. The van der Waals surface area contributed by atoms with Crippen LogP contribution in [0.2, 0.25) is 5.02 Å². The summed E-state index contributed by atoms with van der Waals surface area (Å²) in [6, 6.07) is 9.23. The molecule has 1 aromatic heterocycles. The zero-order valence-electron chi connectivity index (χ0n) is 22.2. The number of hydrogen-bond acceptors (Lipinski definition) is 6. The maximum absolute atomic E-state index is 15.1. The summed E-state index contributed by atoms with van der Waals surface area (Å²) in [6.45, 7) is 6.24. The number of esters is 1. The van der Waals surface area contributed by atoms with Gasteiger partial charge < -0.3 is 18.9 Å². The number of halogens is 3. The number of hydrogen-bond donors (Lipinski definition) is 0. The highest BCUT2D eigenvalue weighted by Crippen LogP contribution is 2.47. The standard InChI is InChI=1S/C30H31ClF2N2O4/c1-30(2,3)38-29(36)17-9-10-24(23(33)12-17)35-14-18-11-19(35)13-25(18)37-15-20-27(34-39-28(20)16-7-8-16)26-21(31)5-4-6-22(26)32/h4-6,9-10,12,16,18-19,25H,7-8,11,13-15H2,1-3H3/t18-,19-,25+/m0/s1. The van der Waals surface area contributed by atoms with E-state index in [1.807, 2.05) is 0 Å². The van der Waals surface area contributed by atoms with Crippen LogP contribution in [0.4, 0.5) is 14.5 Å². The molecule has 2 aromatic carbocycles. The van der Waals surface area contributed by atoms with Gasteiger partial charge in [0.25, 0.3) is 0 Å². The molecule has 2 saturated carbocycles. The van der Waals surface area contributed by atoms with E-state index in [9.17, 15) is 9.18 Å². The summed E-state index contributed by atoms with van der Waals surface area (Å²) in [6.07, 6.45) is 3.64. The van der Waals surface area contributed by atoms with Gasteiger partial charge in [-0.25, -0.2) is 13.6 Å². The molecule has 0 amide bonds. The third-order valence-electron chi connectivity index (χ3n) is 7.78. The highest BCUT2D eigenvalue weighted by Gasteiger charge is 2.46. The summed E-state index contributed by atoms with van der Waals surface area (Å²) in [5.41, 5.74) is 1.42. The van der Waals surface area contributed by atoms with Gasteiger partial charge in [0.15, 0.2) is 0 Å². The lowest BCUT2D eigenvalue weighted by atomic mass is 10.0. The van der Waals surface area contributed by atoms with Crippen LogP contribution in [0.15, 0.2) is 40.9 Å². The first-order valence-corrected chi connectivity index (χ1v) is 13.8. The lowest BCUT2D eigenvalue weighted by Crippen LogP contribution is -2.39. The van der Waals surface area contributed by atoms with E-state index in [0.29, 0.717) is 17.9 Å². The minimum Gasteiger partial charge on any atom is -0.456 e. The zero-order chi connectivity index (χ0) is 27.5. The SMILES string of the molecule is CC(C)(C)OC(=O)c1ccc(N2C[C@@H]3C[C@H]2C[C@H]3OCc2c(-c3c(F)cccc3Cl)noc2C2CC2)c(F)c1. The van der Waals surface area contributed by atoms with Crippen molar-refractivity contribution >= 4 is 23.3 Å². The molecule has 0 unspecified atom stereocenters. The van der Waals surface area contributed by atoms with Crippen molar-refractivity contribution < 1.29 is 27.6 Å². The Bertz CT molecular complexity index is 1390. The first kappa shape index (κ1) is 26.3. The second-order valence-electron chi connectivity index (χ2n) is 11.8. The maximum atomic E-state index is 15.1. The first-order chi connectivity index (χ1) is 18.6. The van der Waals surface area contributed by atoms with Gasteiger partial charge in [0, 0.05) is 30.0 Å². The van der Waals surface area contributed by atoms with E-state index >= 15 is 4.39 Å². The second-order valence-corrected chi connectivity index (χ2v) is 12.2. The van der Waals surface area contributed by atoms with Gasteiger partial charge in [-0.15, -0.1) is 0 Å². The molecule has 3 atom stereocenters. The van der Waals surface area contributed by atoms with Crippen molar-refractivity contribution in [3.8, 4) is 11.3 Å². The predicted molar refractivity (Wildman–Crippen MR) is 143 cm³/mol. The quantitative estimate of drug-likeness (QED) is 0.285. The van der Waals surface area contributed by atoms with Crippen molar-refractivity contribution in [1.29, 1.82) is 0 Å². The van der Waals surface area contributed by atoms with Crippen LogP contribution >= 0.6 is 11.6 Å². The summed E-state index contributed by atoms with van der Waals surface area (Å²) in [5, 5.41) is 4.48. The largest absolute Gasteiger partial charge is 0.456 e. The fourth-order valence-corrected chi connectivity index (χ4v) is 6.10. The molecular formula is C30H31ClF2N2O4. The molecule has 6 nitrogen and oxygen atoms in total. The van der Waals surface area contributed by atoms with Gasteiger partial charge in [-0.05, 0) is 76.8 Å². The number of benzene rings is 2. The van der Waals surface area contributed by atoms with E-state index in [1.165, 1.54) is 12.1 Å². The Morgan fingerprint density at radius 2 is 1.95 bits per heavy atom. The third-order valence-corrected chi connectivity index (χ3v) is 8.09. The number of rotatable bonds is 7. The molecular weight excluding hydrogens is 526 g/mol. The van der Waals surface area contributed by atoms with Gasteiger partial charge in [0.05, 0.1) is 34.5 Å². The Morgan fingerprint density at radius 3 is 2.59 bits per heavy atom. The molecule has 2 heterocycles. The zero-order valence-corrected chi connectivity index (χ0v) is 22.9. The van der Waals surface area contributed by atoms with Crippen LogP contribution < -0.4 is 4.90 Å². The first-order valence-electron chi connectivity index (χ1n) is 13.4. The van der Waals surface area contributed by atoms with E-state index in [1.54, 1.807) is 45.0 Å². The fourth-order valence-electron chi connectivity index (χ4n) is 5.85. The van der Waals surface area contributed by atoms with Crippen LogP contribution in [0.25, 0.3) is 11.3 Å². The van der Waals surface area contributed by atoms with E-state index in [2.05, 4.69) is 10.1 Å². The summed E-state index contributed by atoms with van der Waals surface area (Å²) in [5.74, 6) is -0.175. The van der Waals surface area contributed by atoms with Crippen molar-refractivity contribution in [2.45, 2.75) is 76.7 Å². The van der Waals surface area contributed by atoms with Crippen molar-refractivity contribution in [3.05, 3.63) is 69.9 Å². The van der Waals surface area contributed by atoms with Crippen molar-refractivity contribution in [2.75, 3.05) is 11.4 Å². The molecule has 0 N–H and O–H groups in total. The van der Waals surface area contributed by atoms with Crippen LogP contribution in [-0.4, -0.2) is 35.4 Å². The number of carbonyl (C=O) groups excluding carboxylic acids is 1. The molecule has 206 valence electrons. The van der Waals surface area contributed by atoms with Crippen LogP contribution in [-0.2, 0) is 16.1 Å². The van der Waals surface area contributed by atoms with Gasteiger partial charge in [-0.3, -0.25) is 0 Å². The Balaban J connectivity index is 1.14. The number of fused-ring (bicyclic) bond motifs is 2. The minimum atomic E-state index is -0.649. The second kappa shape index (κ2) is 9.89. The van der Waals surface area contributed by atoms with E-state index < -0.39 is 23.2 Å². The molecule has 39 heavy (non-hydrogen) atoms. The lowest BCUT2D eigenvalue weighted by molar-refractivity contribution is 0.00690. The van der Waals surface area contributed by atoms with E-state index in [-0.39, 0.29) is 46.7 Å². The molecule has 6 rings (SSSR count). The van der Waals surface area contributed by atoms with Gasteiger partial charge in [-0.2, -0.15) is 0 Å². The van der Waals surface area contributed by atoms with Gasteiger partial charge in [0.2, 0.25) is 0 Å². The van der Waals surface area contributed by atoms with E-state index in [4.69, 9.17) is 25.6 Å². The summed E-state index contributed by atoms with van der Waals surface area (Å²) >= 11 is 6.34. The Hall–Kier alpha value is -2.97. The molecule has 0 spiro atoms. The average molecular weight is 557 g/mol. The highest BCUT2D eigenvalue weighted by molar-refractivity contribution is 6.33. The molecule has 2 aliphatic carbocycles. The van der Waals surface area contributed by atoms with Crippen molar-refractivity contribution in [1.82, 2.24) is 5.16 Å². The Morgan fingerprint density at radius 1 is 1.15 bits per heavy atom. The normalized spacial score (nSPS) is 22.5. The number of anilines is 1. The smallest absolute Gasteiger partial charge is 0.338 e. The number of carbonyl (C=O) groups is 1. The summed E-state index contributed by atoms with van der Waals surface area (Å²) in [7, 11) is 0.